The van der Waals surface area contributed by atoms with E-state index in [1.54, 1.807) is 12.9 Å². The van der Waals surface area contributed by atoms with Crippen LogP contribution in [0.3, 0.4) is 0 Å². The molecule has 0 bridgehead atoms. The summed E-state index contributed by atoms with van der Waals surface area (Å²) in [6.45, 7) is 1.98. The van der Waals surface area contributed by atoms with E-state index in [2.05, 4.69) is 0 Å². The average Bonchev–Trinajstić information content (AvgIpc) is 2.31. The lowest BCUT2D eigenvalue weighted by atomic mass is 10.1. The van der Waals surface area contributed by atoms with Crippen molar-refractivity contribution in [3.8, 4) is 0 Å². The van der Waals surface area contributed by atoms with Gasteiger partial charge in [-0.1, -0.05) is 30.3 Å². The Hall–Kier alpha value is -1.86. The van der Waals surface area contributed by atoms with Gasteiger partial charge in [0.15, 0.2) is 0 Å². The molecule has 1 rings (SSSR count). The Labute approximate surface area is 94.7 Å². The number of carbonyl (C=O) groups is 1. The lowest BCUT2D eigenvalue weighted by Gasteiger charge is -2.03. The van der Waals surface area contributed by atoms with Gasteiger partial charge in [0, 0.05) is 0 Å². The minimum Gasteiger partial charge on any atom is -0.462 e. The Kier molecular flexibility index (Phi) is 5.03. The van der Waals surface area contributed by atoms with Crippen LogP contribution in [0.5, 0.6) is 0 Å². The topological polar surface area (TPSA) is 43.4 Å². The predicted octanol–water partition coefficient (Wildman–Crippen LogP) is 1.94. The molecule has 0 aliphatic heterocycles. The Morgan fingerprint density at radius 3 is 2.56 bits per heavy atom. The van der Waals surface area contributed by atoms with Gasteiger partial charge in [0.1, 0.15) is 11.5 Å². The van der Waals surface area contributed by atoms with Crippen molar-refractivity contribution in [2.45, 2.75) is 19.8 Å². The van der Waals surface area contributed by atoms with E-state index >= 15 is 0 Å². The number of carbonyl (C=O) groups excluding carboxylic acids is 2. The third-order valence-electron chi connectivity index (χ3n) is 2.15. The summed E-state index contributed by atoms with van der Waals surface area (Å²) in [5.74, 6) is 1.09. The van der Waals surface area contributed by atoms with E-state index in [0.29, 0.717) is 12.8 Å². The molecule has 0 radical (unpaired) electrons. The number of hydrogen-bond acceptors (Lipinski definition) is 3. The number of esters is 1. The standard InChI is InChI=1S/C13H14O3/c1-2-16-13(15)12(10-14)9-8-11-6-4-3-5-7-11/h3-7H,2,8-9H2,1H3. The van der Waals surface area contributed by atoms with Gasteiger partial charge in [-0.15, -0.1) is 0 Å². The van der Waals surface area contributed by atoms with Gasteiger partial charge in [0.05, 0.1) is 6.61 Å². The van der Waals surface area contributed by atoms with E-state index in [1.165, 1.54) is 0 Å². The summed E-state index contributed by atoms with van der Waals surface area (Å²) < 4.78 is 4.74. The van der Waals surface area contributed by atoms with Gasteiger partial charge in [0.2, 0.25) is 0 Å². The highest BCUT2D eigenvalue weighted by Crippen LogP contribution is 2.08. The molecule has 1 aromatic rings. The first-order valence-electron chi connectivity index (χ1n) is 5.23. The molecule has 84 valence electrons. The highest BCUT2D eigenvalue weighted by atomic mass is 16.5. The molecule has 0 spiro atoms. The average molecular weight is 218 g/mol. The van der Waals surface area contributed by atoms with Gasteiger partial charge in [-0.2, -0.15) is 0 Å². The van der Waals surface area contributed by atoms with Crippen LogP contribution in [0.4, 0.5) is 0 Å². The molecule has 0 saturated carbocycles. The maximum Gasteiger partial charge on any atom is 0.345 e. The fraction of sp³-hybridized carbons (Fsp3) is 0.308. The summed E-state index contributed by atoms with van der Waals surface area (Å²) in [7, 11) is 0. The van der Waals surface area contributed by atoms with Crippen molar-refractivity contribution in [3.63, 3.8) is 0 Å². The third-order valence-corrected chi connectivity index (χ3v) is 2.15. The van der Waals surface area contributed by atoms with E-state index in [9.17, 15) is 9.59 Å². The van der Waals surface area contributed by atoms with Crippen molar-refractivity contribution in [3.05, 3.63) is 41.5 Å². The molecule has 3 nitrogen and oxygen atoms in total. The quantitative estimate of drug-likeness (QED) is 0.431. The molecule has 0 aliphatic rings. The lowest BCUT2D eigenvalue weighted by Crippen LogP contribution is -2.09. The zero-order valence-corrected chi connectivity index (χ0v) is 9.23. The molecule has 0 aliphatic carbocycles. The van der Waals surface area contributed by atoms with Gasteiger partial charge in [-0.05, 0) is 25.3 Å². The number of hydrogen-bond donors (Lipinski definition) is 0. The lowest BCUT2D eigenvalue weighted by molar-refractivity contribution is -0.138. The Bertz CT molecular complexity index is 389. The van der Waals surface area contributed by atoms with Crippen LogP contribution in [0.15, 0.2) is 35.9 Å². The minimum atomic E-state index is -0.562. The largest absolute Gasteiger partial charge is 0.462 e. The van der Waals surface area contributed by atoms with Gasteiger partial charge in [0.25, 0.3) is 0 Å². The Morgan fingerprint density at radius 2 is 2.00 bits per heavy atom. The summed E-state index contributed by atoms with van der Waals surface area (Å²) in [5.41, 5.74) is 1.16. The second-order valence-corrected chi connectivity index (χ2v) is 3.29. The highest BCUT2D eigenvalue weighted by Gasteiger charge is 2.11. The van der Waals surface area contributed by atoms with Crippen LogP contribution in [-0.2, 0) is 20.7 Å². The molecule has 16 heavy (non-hydrogen) atoms. The predicted molar refractivity (Wildman–Crippen MR) is 60.6 cm³/mol. The molecule has 0 amide bonds. The Morgan fingerprint density at radius 1 is 1.31 bits per heavy atom. The maximum atomic E-state index is 11.3. The smallest absolute Gasteiger partial charge is 0.345 e. The number of aryl methyl sites for hydroxylation is 1. The van der Waals surface area contributed by atoms with Crippen molar-refractivity contribution in [1.82, 2.24) is 0 Å². The monoisotopic (exact) mass is 218 g/mol. The SMILES string of the molecule is CCOC(=O)C(=C=O)CCc1ccccc1. The van der Waals surface area contributed by atoms with Gasteiger partial charge in [-0.25, -0.2) is 9.59 Å². The van der Waals surface area contributed by atoms with Crippen LogP contribution in [0.25, 0.3) is 0 Å². The van der Waals surface area contributed by atoms with Gasteiger partial charge >= 0.3 is 5.97 Å². The van der Waals surface area contributed by atoms with Crippen LogP contribution in [0, 0.1) is 0 Å². The third kappa shape index (κ3) is 3.71. The first-order chi connectivity index (χ1) is 7.77. The van der Waals surface area contributed by atoms with E-state index in [1.807, 2.05) is 30.3 Å². The second-order valence-electron chi connectivity index (χ2n) is 3.29. The van der Waals surface area contributed by atoms with Crippen molar-refractivity contribution in [2.24, 2.45) is 0 Å². The van der Waals surface area contributed by atoms with Gasteiger partial charge < -0.3 is 4.74 Å². The normalized spacial score (nSPS) is 9.31. The molecular weight excluding hydrogens is 204 g/mol. The van der Waals surface area contributed by atoms with Crippen LogP contribution in [-0.4, -0.2) is 18.5 Å². The highest BCUT2D eigenvalue weighted by molar-refractivity contribution is 5.96. The van der Waals surface area contributed by atoms with E-state index in [-0.39, 0.29) is 12.2 Å². The maximum absolute atomic E-state index is 11.3. The first-order valence-corrected chi connectivity index (χ1v) is 5.23. The van der Waals surface area contributed by atoms with Crippen LogP contribution in [0.2, 0.25) is 0 Å². The minimum absolute atomic E-state index is 0.0747. The van der Waals surface area contributed by atoms with E-state index in [0.717, 1.165) is 5.56 Å². The van der Waals surface area contributed by atoms with Crippen LogP contribution < -0.4 is 0 Å². The summed E-state index contributed by atoms with van der Waals surface area (Å²) in [6, 6.07) is 9.67. The van der Waals surface area contributed by atoms with Crippen molar-refractivity contribution in [1.29, 1.82) is 0 Å². The van der Waals surface area contributed by atoms with E-state index < -0.39 is 5.97 Å². The molecule has 0 N–H and O–H groups in total. The second kappa shape index (κ2) is 6.59. The number of ether oxygens (including phenoxy) is 1. The molecule has 0 unspecified atom stereocenters. The van der Waals surface area contributed by atoms with E-state index in [4.69, 9.17) is 4.74 Å². The molecule has 0 saturated heterocycles. The molecule has 0 fully saturated rings. The number of benzene rings is 1. The molecule has 0 aromatic heterocycles. The zero-order chi connectivity index (χ0) is 11.8. The molecule has 0 heterocycles. The Balaban J connectivity index is 2.54. The van der Waals surface area contributed by atoms with Gasteiger partial charge in [-0.3, -0.25) is 0 Å². The van der Waals surface area contributed by atoms with Crippen molar-refractivity contribution in [2.75, 3.05) is 6.61 Å². The number of rotatable bonds is 5. The molecule has 3 heteroatoms. The fourth-order valence-corrected chi connectivity index (χ4v) is 1.33. The summed E-state index contributed by atoms with van der Waals surface area (Å²) in [5, 5.41) is 0. The first kappa shape index (κ1) is 12.2. The van der Waals surface area contributed by atoms with Crippen molar-refractivity contribution >= 4 is 11.9 Å². The van der Waals surface area contributed by atoms with Crippen LogP contribution in [0.1, 0.15) is 18.9 Å². The zero-order valence-electron chi connectivity index (χ0n) is 9.23. The summed E-state index contributed by atoms with van der Waals surface area (Å²) in [4.78, 5) is 21.9. The molecular formula is C13H14O3. The molecule has 0 atom stereocenters. The summed E-state index contributed by atoms with van der Waals surface area (Å²) in [6.07, 6.45) is 1.01. The fourth-order valence-electron chi connectivity index (χ4n) is 1.33. The van der Waals surface area contributed by atoms with Crippen LogP contribution >= 0.6 is 0 Å². The summed E-state index contributed by atoms with van der Waals surface area (Å²) >= 11 is 0. The molecule has 1 aromatic carbocycles. The van der Waals surface area contributed by atoms with Crippen molar-refractivity contribution < 1.29 is 14.3 Å².